The van der Waals surface area contributed by atoms with Gasteiger partial charge < -0.3 is 9.47 Å². The standard InChI is InChI=1S/C17H21N3O/c1-2-19(13-14-6-4-3-5-7-14)17(21)15-8-10-20-11-9-18-16(20)12-15/h3-7,9,11,15H,2,8,10,12-13H2,1H3. The number of nitrogens with zero attached hydrogens (tertiary/aromatic N) is 3. The first kappa shape index (κ1) is 13.9. The second-order valence-electron chi connectivity index (χ2n) is 5.56. The zero-order chi connectivity index (χ0) is 14.7. The molecule has 0 bridgehead atoms. The van der Waals surface area contributed by atoms with Crippen LogP contribution in [0.2, 0.25) is 0 Å². The molecule has 2 heterocycles. The number of hydrogen-bond donors (Lipinski definition) is 0. The van der Waals surface area contributed by atoms with Crippen LogP contribution in [0.15, 0.2) is 42.7 Å². The molecule has 1 atom stereocenters. The third kappa shape index (κ3) is 2.99. The number of hydrogen-bond acceptors (Lipinski definition) is 2. The molecule has 110 valence electrons. The number of rotatable bonds is 4. The molecule has 0 N–H and O–H groups in total. The Hall–Kier alpha value is -2.10. The van der Waals surface area contributed by atoms with E-state index in [4.69, 9.17) is 0 Å². The summed E-state index contributed by atoms with van der Waals surface area (Å²) < 4.78 is 2.15. The number of aryl methyl sites for hydroxylation is 1. The number of aromatic nitrogens is 2. The minimum Gasteiger partial charge on any atom is -0.338 e. The summed E-state index contributed by atoms with van der Waals surface area (Å²) in [5.41, 5.74) is 1.19. The second kappa shape index (κ2) is 6.12. The Morgan fingerprint density at radius 3 is 2.95 bits per heavy atom. The van der Waals surface area contributed by atoms with Crippen molar-refractivity contribution in [2.75, 3.05) is 6.54 Å². The predicted molar refractivity (Wildman–Crippen MR) is 81.6 cm³/mol. The first-order valence-corrected chi connectivity index (χ1v) is 7.60. The van der Waals surface area contributed by atoms with E-state index in [2.05, 4.69) is 21.7 Å². The van der Waals surface area contributed by atoms with E-state index in [1.165, 1.54) is 5.56 Å². The van der Waals surface area contributed by atoms with Crippen LogP contribution < -0.4 is 0 Å². The number of imidazole rings is 1. The summed E-state index contributed by atoms with van der Waals surface area (Å²) in [4.78, 5) is 19.1. The van der Waals surface area contributed by atoms with Gasteiger partial charge in [0.2, 0.25) is 5.91 Å². The Morgan fingerprint density at radius 2 is 2.19 bits per heavy atom. The average molecular weight is 283 g/mol. The molecule has 1 unspecified atom stereocenters. The smallest absolute Gasteiger partial charge is 0.226 e. The summed E-state index contributed by atoms with van der Waals surface area (Å²) in [5.74, 6) is 1.37. The molecule has 1 aliphatic rings. The zero-order valence-electron chi connectivity index (χ0n) is 12.4. The van der Waals surface area contributed by atoms with Crippen LogP contribution in [0, 0.1) is 5.92 Å². The lowest BCUT2D eigenvalue weighted by Gasteiger charge is -2.29. The molecule has 0 fully saturated rings. The molecule has 4 nitrogen and oxygen atoms in total. The van der Waals surface area contributed by atoms with Crippen LogP contribution in [0.25, 0.3) is 0 Å². The van der Waals surface area contributed by atoms with Gasteiger partial charge in [0.05, 0.1) is 0 Å². The van der Waals surface area contributed by atoms with Gasteiger partial charge >= 0.3 is 0 Å². The molecular weight excluding hydrogens is 262 g/mol. The highest BCUT2D eigenvalue weighted by molar-refractivity contribution is 5.79. The molecule has 0 spiro atoms. The highest BCUT2D eigenvalue weighted by Gasteiger charge is 2.28. The van der Waals surface area contributed by atoms with Crippen LogP contribution in [0.3, 0.4) is 0 Å². The maximum Gasteiger partial charge on any atom is 0.226 e. The number of carbonyl (C=O) groups is 1. The van der Waals surface area contributed by atoms with Gasteiger partial charge in [0.25, 0.3) is 0 Å². The van der Waals surface area contributed by atoms with Crippen molar-refractivity contribution < 1.29 is 4.79 Å². The van der Waals surface area contributed by atoms with Gasteiger partial charge in [0, 0.05) is 44.4 Å². The minimum absolute atomic E-state index is 0.0727. The van der Waals surface area contributed by atoms with Gasteiger partial charge in [-0.2, -0.15) is 0 Å². The van der Waals surface area contributed by atoms with Gasteiger partial charge in [0.1, 0.15) is 5.82 Å². The van der Waals surface area contributed by atoms with Crippen LogP contribution in [0.1, 0.15) is 24.7 Å². The molecule has 21 heavy (non-hydrogen) atoms. The summed E-state index contributed by atoms with van der Waals surface area (Å²) in [6.45, 7) is 4.39. The Labute approximate surface area is 125 Å². The number of amides is 1. The third-order valence-electron chi connectivity index (χ3n) is 4.21. The van der Waals surface area contributed by atoms with E-state index in [1.54, 1.807) is 0 Å². The molecule has 4 heteroatoms. The lowest BCUT2D eigenvalue weighted by Crippen LogP contribution is -2.38. The summed E-state index contributed by atoms with van der Waals surface area (Å²) in [6.07, 6.45) is 5.49. The topological polar surface area (TPSA) is 38.1 Å². The first-order valence-electron chi connectivity index (χ1n) is 7.60. The SMILES string of the molecule is CCN(Cc1ccccc1)C(=O)C1CCn2ccnc2C1. The van der Waals surface area contributed by atoms with Gasteiger partial charge in [-0.1, -0.05) is 30.3 Å². The van der Waals surface area contributed by atoms with E-state index in [0.29, 0.717) is 6.54 Å². The van der Waals surface area contributed by atoms with Crippen molar-refractivity contribution in [1.29, 1.82) is 0 Å². The molecule has 1 aromatic carbocycles. The van der Waals surface area contributed by atoms with Crippen LogP contribution >= 0.6 is 0 Å². The van der Waals surface area contributed by atoms with Crippen LogP contribution in [0.4, 0.5) is 0 Å². The van der Waals surface area contributed by atoms with Crippen molar-refractivity contribution in [2.24, 2.45) is 5.92 Å². The maximum absolute atomic E-state index is 12.8. The van der Waals surface area contributed by atoms with Crippen LogP contribution in [-0.2, 0) is 24.3 Å². The Morgan fingerprint density at radius 1 is 1.38 bits per heavy atom. The van der Waals surface area contributed by atoms with Crippen molar-refractivity contribution in [3.05, 3.63) is 54.1 Å². The fourth-order valence-corrected chi connectivity index (χ4v) is 2.97. The summed E-state index contributed by atoms with van der Waals surface area (Å²) in [5, 5.41) is 0. The van der Waals surface area contributed by atoms with Gasteiger partial charge in [-0.25, -0.2) is 4.98 Å². The zero-order valence-corrected chi connectivity index (χ0v) is 12.4. The lowest BCUT2D eigenvalue weighted by atomic mass is 9.96. The number of carbonyl (C=O) groups excluding carboxylic acids is 1. The van der Waals surface area contributed by atoms with Crippen LogP contribution in [-0.4, -0.2) is 26.9 Å². The molecule has 1 aliphatic heterocycles. The fraction of sp³-hybridized carbons (Fsp3) is 0.412. The van der Waals surface area contributed by atoms with Gasteiger partial charge in [-0.15, -0.1) is 0 Å². The van der Waals surface area contributed by atoms with E-state index >= 15 is 0 Å². The highest BCUT2D eigenvalue weighted by Crippen LogP contribution is 2.22. The van der Waals surface area contributed by atoms with Gasteiger partial charge in [-0.3, -0.25) is 4.79 Å². The minimum atomic E-state index is 0.0727. The largest absolute Gasteiger partial charge is 0.338 e. The van der Waals surface area contributed by atoms with Crippen LogP contribution in [0.5, 0.6) is 0 Å². The predicted octanol–water partition coefficient (Wildman–Crippen LogP) is 2.49. The molecule has 1 amide bonds. The summed E-state index contributed by atoms with van der Waals surface area (Å²) in [7, 11) is 0. The Kier molecular flexibility index (Phi) is 4.04. The molecule has 3 rings (SSSR count). The first-order chi connectivity index (χ1) is 10.3. The fourth-order valence-electron chi connectivity index (χ4n) is 2.97. The maximum atomic E-state index is 12.8. The van der Waals surface area contributed by atoms with E-state index in [1.807, 2.05) is 42.4 Å². The van der Waals surface area contributed by atoms with Crippen molar-refractivity contribution in [3.63, 3.8) is 0 Å². The summed E-state index contributed by atoms with van der Waals surface area (Å²) >= 11 is 0. The molecule has 0 saturated carbocycles. The highest BCUT2D eigenvalue weighted by atomic mass is 16.2. The molecule has 2 aromatic rings. The van der Waals surface area contributed by atoms with Crippen molar-refractivity contribution in [1.82, 2.24) is 14.5 Å². The quantitative estimate of drug-likeness (QED) is 0.864. The van der Waals surface area contributed by atoms with Gasteiger partial charge in [0.15, 0.2) is 0 Å². The average Bonchev–Trinajstić information content (AvgIpc) is 3.00. The van der Waals surface area contributed by atoms with Crippen molar-refractivity contribution in [3.8, 4) is 0 Å². The summed E-state index contributed by atoms with van der Waals surface area (Å²) in [6, 6.07) is 10.2. The van der Waals surface area contributed by atoms with Crippen molar-refractivity contribution in [2.45, 2.75) is 32.9 Å². The number of fused-ring (bicyclic) bond motifs is 1. The number of benzene rings is 1. The van der Waals surface area contributed by atoms with E-state index in [-0.39, 0.29) is 11.8 Å². The lowest BCUT2D eigenvalue weighted by molar-refractivity contribution is -0.136. The van der Waals surface area contributed by atoms with Crippen molar-refractivity contribution >= 4 is 5.91 Å². The molecular formula is C17H21N3O. The molecule has 0 radical (unpaired) electrons. The Bertz CT molecular complexity index is 606. The molecule has 1 aromatic heterocycles. The monoisotopic (exact) mass is 283 g/mol. The normalized spacial score (nSPS) is 17.3. The van der Waals surface area contributed by atoms with E-state index in [9.17, 15) is 4.79 Å². The van der Waals surface area contributed by atoms with E-state index < -0.39 is 0 Å². The second-order valence-corrected chi connectivity index (χ2v) is 5.56. The van der Waals surface area contributed by atoms with E-state index in [0.717, 1.165) is 31.8 Å². The Balaban J connectivity index is 1.68. The van der Waals surface area contributed by atoms with Gasteiger partial charge in [-0.05, 0) is 18.9 Å². The molecule has 0 aliphatic carbocycles. The third-order valence-corrected chi connectivity index (χ3v) is 4.21. The molecule has 0 saturated heterocycles.